The van der Waals surface area contributed by atoms with E-state index in [0.717, 1.165) is 29.4 Å². The molecule has 2 atom stereocenters. The summed E-state index contributed by atoms with van der Waals surface area (Å²) in [6, 6.07) is 3.60. The van der Waals surface area contributed by atoms with E-state index in [0.29, 0.717) is 23.1 Å². The van der Waals surface area contributed by atoms with Crippen LogP contribution in [-0.2, 0) is 12.8 Å². The molecule has 0 aliphatic heterocycles. The predicted molar refractivity (Wildman–Crippen MR) is 108 cm³/mol. The van der Waals surface area contributed by atoms with Gasteiger partial charge in [0, 0.05) is 15.3 Å². The second kappa shape index (κ2) is 5.82. The van der Waals surface area contributed by atoms with Crippen LogP contribution >= 0.6 is 11.3 Å². The Hall–Kier alpha value is -1.87. The Balaban J connectivity index is 1.61. The number of phenolic OH excluding ortho intramolecular Hbond substituents is 1. The van der Waals surface area contributed by atoms with Crippen molar-refractivity contribution in [2.45, 2.75) is 53.4 Å². The maximum absolute atomic E-state index is 12.7. The van der Waals surface area contributed by atoms with Crippen LogP contribution in [-0.4, -0.2) is 10.9 Å². The van der Waals surface area contributed by atoms with Crippen LogP contribution in [0, 0.1) is 25.2 Å². The van der Waals surface area contributed by atoms with Crippen molar-refractivity contribution >= 4 is 23.2 Å². The Morgan fingerprint density at radius 2 is 2.08 bits per heavy atom. The predicted octanol–water partition coefficient (Wildman–Crippen LogP) is 5.82. The number of fused-ring (bicyclic) bond motifs is 3. The van der Waals surface area contributed by atoms with Crippen molar-refractivity contribution in [3.63, 3.8) is 0 Å². The molecule has 2 aromatic rings. The van der Waals surface area contributed by atoms with Gasteiger partial charge in [0.2, 0.25) is 0 Å². The fourth-order valence-electron chi connectivity index (χ4n) is 4.81. The number of rotatable bonds is 4. The van der Waals surface area contributed by atoms with E-state index in [-0.39, 0.29) is 5.78 Å². The third-order valence-electron chi connectivity index (χ3n) is 6.48. The van der Waals surface area contributed by atoms with E-state index in [1.807, 2.05) is 37.3 Å². The maximum Gasteiger partial charge on any atom is 0.185 e. The standard InChI is InChI=1S/C23H26O2S/c1-6-14-10-15(9-12(2)22(14)25)18(24)7-8-19-16-11-17-21(23(17,4)5)20(16)13(3)26-19/h7-10,17,21,25H,6,11H2,1-5H3/t17-,21-/m1/s1. The number of thiophene rings is 1. The average Bonchev–Trinajstić information content (AvgIpc) is 2.94. The molecule has 1 N–H and O–H groups in total. The highest BCUT2D eigenvalue weighted by molar-refractivity contribution is 7.13. The molecule has 0 bridgehead atoms. The zero-order valence-corrected chi connectivity index (χ0v) is 17.0. The topological polar surface area (TPSA) is 37.3 Å². The highest BCUT2D eigenvalue weighted by Gasteiger charge is 2.63. The number of hydrogen-bond acceptors (Lipinski definition) is 3. The van der Waals surface area contributed by atoms with E-state index in [9.17, 15) is 9.90 Å². The van der Waals surface area contributed by atoms with Crippen LogP contribution < -0.4 is 0 Å². The van der Waals surface area contributed by atoms with Crippen molar-refractivity contribution in [1.29, 1.82) is 0 Å². The number of hydrogen-bond donors (Lipinski definition) is 1. The van der Waals surface area contributed by atoms with Gasteiger partial charge >= 0.3 is 0 Å². The van der Waals surface area contributed by atoms with Crippen LogP contribution in [0.3, 0.4) is 0 Å². The lowest BCUT2D eigenvalue weighted by atomic mass is 9.95. The minimum absolute atomic E-state index is 0.00564. The highest BCUT2D eigenvalue weighted by atomic mass is 32.1. The molecular weight excluding hydrogens is 340 g/mol. The molecule has 2 aliphatic carbocycles. The minimum Gasteiger partial charge on any atom is -0.507 e. The number of aryl methyl sites for hydroxylation is 3. The highest BCUT2D eigenvalue weighted by Crippen LogP contribution is 2.71. The molecular formula is C23H26O2S. The fourth-order valence-corrected chi connectivity index (χ4v) is 5.95. The van der Waals surface area contributed by atoms with E-state index in [4.69, 9.17) is 0 Å². The normalized spacial score (nSPS) is 22.5. The first-order chi connectivity index (χ1) is 12.3. The van der Waals surface area contributed by atoms with E-state index >= 15 is 0 Å². The summed E-state index contributed by atoms with van der Waals surface area (Å²) in [4.78, 5) is 15.3. The summed E-state index contributed by atoms with van der Waals surface area (Å²) in [6.07, 6.45) is 5.58. The number of benzene rings is 1. The zero-order chi connectivity index (χ0) is 18.8. The lowest BCUT2D eigenvalue weighted by molar-refractivity contribution is 0.104. The van der Waals surface area contributed by atoms with Crippen LogP contribution in [0.5, 0.6) is 5.75 Å². The zero-order valence-electron chi connectivity index (χ0n) is 16.1. The van der Waals surface area contributed by atoms with Crippen LogP contribution in [0.1, 0.15) is 69.1 Å². The smallest absolute Gasteiger partial charge is 0.185 e. The molecule has 0 amide bonds. The molecule has 1 aromatic carbocycles. The van der Waals surface area contributed by atoms with Crippen molar-refractivity contribution in [3.05, 3.63) is 55.8 Å². The van der Waals surface area contributed by atoms with Crippen molar-refractivity contribution in [2.24, 2.45) is 11.3 Å². The van der Waals surface area contributed by atoms with Gasteiger partial charge in [0.25, 0.3) is 0 Å². The summed E-state index contributed by atoms with van der Waals surface area (Å²) in [5.74, 6) is 1.82. The van der Waals surface area contributed by atoms with Crippen LogP contribution in [0.2, 0.25) is 0 Å². The molecule has 0 saturated heterocycles. The van der Waals surface area contributed by atoms with Gasteiger partial charge in [-0.05, 0) is 90.5 Å². The third kappa shape index (κ3) is 2.48. The average molecular weight is 367 g/mol. The SMILES string of the molecule is CCc1cc(C(=O)C=Cc2sc(C)c3c2C[C@@H]2[C@H]3C2(C)C)cc(C)c1O. The monoisotopic (exact) mass is 366 g/mol. The molecule has 3 heteroatoms. The van der Waals surface area contributed by atoms with Gasteiger partial charge in [-0.25, -0.2) is 0 Å². The second-order valence-corrected chi connectivity index (χ2v) is 9.63. The van der Waals surface area contributed by atoms with E-state index in [1.165, 1.54) is 15.3 Å². The van der Waals surface area contributed by atoms with Crippen molar-refractivity contribution in [3.8, 4) is 5.75 Å². The number of carbonyl (C=O) groups is 1. The summed E-state index contributed by atoms with van der Waals surface area (Å²) in [5.41, 5.74) is 5.74. The van der Waals surface area contributed by atoms with Gasteiger partial charge in [0.05, 0.1) is 0 Å². The third-order valence-corrected chi connectivity index (χ3v) is 7.61. The van der Waals surface area contributed by atoms with Gasteiger partial charge in [0.15, 0.2) is 5.78 Å². The van der Waals surface area contributed by atoms with Gasteiger partial charge in [-0.2, -0.15) is 0 Å². The van der Waals surface area contributed by atoms with Crippen LogP contribution in [0.25, 0.3) is 6.08 Å². The first-order valence-electron chi connectivity index (χ1n) is 9.42. The Morgan fingerprint density at radius 1 is 1.35 bits per heavy atom. The lowest BCUT2D eigenvalue weighted by Gasteiger charge is -2.09. The number of ketones is 1. The van der Waals surface area contributed by atoms with Crippen molar-refractivity contribution in [1.82, 2.24) is 0 Å². The number of aromatic hydroxyl groups is 1. The van der Waals surface area contributed by atoms with E-state index in [2.05, 4.69) is 20.8 Å². The quantitative estimate of drug-likeness (QED) is 0.546. The Labute approximate surface area is 159 Å². The molecule has 26 heavy (non-hydrogen) atoms. The van der Waals surface area contributed by atoms with E-state index < -0.39 is 0 Å². The minimum atomic E-state index is 0.00564. The summed E-state index contributed by atoms with van der Waals surface area (Å²) in [6.45, 7) is 10.8. The molecule has 2 nitrogen and oxygen atoms in total. The fraction of sp³-hybridized carbons (Fsp3) is 0.435. The maximum atomic E-state index is 12.7. The first kappa shape index (κ1) is 17.5. The van der Waals surface area contributed by atoms with Gasteiger partial charge < -0.3 is 5.11 Å². The number of carbonyl (C=O) groups excluding carboxylic acids is 1. The summed E-state index contributed by atoms with van der Waals surface area (Å²) in [5, 5.41) is 10.1. The number of allylic oxidation sites excluding steroid dienone is 1. The van der Waals surface area contributed by atoms with Crippen molar-refractivity contribution < 1.29 is 9.90 Å². The molecule has 1 heterocycles. The van der Waals surface area contributed by atoms with Crippen LogP contribution in [0.4, 0.5) is 0 Å². The lowest BCUT2D eigenvalue weighted by Crippen LogP contribution is -2.00. The van der Waals surface area contributed by atoms with Gasteiger partial charge in [-0.3, -0.25) is 4.79 Å². The van der Waals surface area contributed by atoms with Gasteiger partial charge in [-0.15, -0.1) is 11.3 Å². The Kier molecular flexibility index (Phi) is 3.92. The second-order valence-electron chi connectivity index (χ2n) is 8.38. The summed E-state index contributed by atoms with van der Waals surface area (Å²) < 4.78 is 0. The molecule has 0 spiro atoms. The van der Waals surface area contributed by atoms with E-state index in [1.54, 1.807) is 17.7 Å². The molecule has 1 aromatic heterocycles. The molecule has 0 radical (unpaired) electrons. The largest absolute Gasteiger partial charge is 0.507 e. The Morgan fingerprint density at radius 3 is 2.77 bits per heavy atom. The summed E-state index contributed by atoms with van der Waals surface area (Å²) in [7, 11) is 0. The molecule has 1 saturated carbocycles. The molecule has 1 fully saturated rings. The van der Waals surface area contributed by atoms with Gasteiger partial charge in [-0.1, -0.05) is 20.8 Å². The van der Waals surface area contributed by atoms with Crippen molar-refractivity contribution in [2.75, 3.05) is 0 Å². The molecule has 2 aliphatic rings. The molecule has 136 valence electrons. The summed E-state index contributed by atoms with van der Waals surface area (Å²) >= 11 is 1.82. The van der Waals surface area contributed by atoms with Crippen LogP contribution in [0.15, 0.2) is 18.2 Å². The molecule has 0 unspecified atom stereocenters. The van der Waals surface area contributed by atoms with Gasteiger partial charge in [0.1, 0.15) is 5.75 Å². The molecule has 4 rings (SSSR count). The Bertz CT molecular complexity index is 946. The first-order valence-corrected chi connectivity index (χ1v) is 10.2. The number of phenols is 1.